The van der Waals surface area contributed by atoms with Gasteiger partial charge in [-0.1, -0.05) is 12.1 Å². The lowest BCUT2D eigenvalue weighted by molar-refractivity contribution is 0.0711. The number of likely N-dealkylation sites (tertiary alicyclic amines) is 1. The topological polar surface area (TPSA) is 68.7 Å². The lowest BCUT2D eigenvalue weighted by atomic mass is 9.97. The van der Waals surface area contributed by atoms with Crippen molar-refractivity contribution in [3.63, 3.8) is 0 Å². The van der Waals surface area contributed by atoms with Crippen LogP contribution in [0.25, 0.3) is 0 Å². The van der Waals surface area contributed by atoms with Crippen molar-refractivity contribution in [1.82, 2.24) is 4.90 Å². The number of hydrogen-bond donors (Lipinski definition) is 1. The third kappa shape index (κ3) is 3.10. The Balaban J connectivity index is 1.73. The minimum atomic E-state index is -0.0618. The van der Waals surface area contributed by atoms with E-state index in [2.05, 4.69) is 19.1 Å². The molecule has 1 aromatic carbocycles. The molecular weight excluding hydrogens is 292 g/mol. The number of methoxy groups -OCH3 is 1. The molecule has 0 spiro atoms. The van der Waals surface area contributed by atoms with Gasteiger partial charge in [0.1, 0.15) is 11.5 Å². The van der Waals surface area contributed by atoms with E-state index in [0.717, 1.165) is 12.2 Å². The van der Waals surface area contributed by atoms with Crippen LogP contribution in [0.3, 0.4) is 0 Å². The van der Waals surface area contributed by atoms with Crippen LogP contribution in [0.4, 0.5) is 0 Å². The smallest absolute Gasteiger partial charge is 0.289 e. The molecule has 0 unspecified atom stereocenters. The molecule has 0 bridgehead atoms. The van der Waals surface area contributed by atoms with E-state index >= 15 is 0 Å². The molecule has 3 rings (SSSR count). The molecule has 2 aromatic rings. The van der Waals surface area contributed by atoms with Gasteiger partial charge in [-0.3, -0.25) is 4.79 Å². The van der Waals surface area contributed by atoms with E-state index in [1.807, 2.05) is 17.0 Å². The molecule has 1 aliphatic rings. The van der Waals surface area contributed by atoms with E-state index in [4.69, 9.17) is 14.9 Å². The Morgan fingerprint density at radius 3 is 2.65 bits per heavy atom. The van der Waals surface area contributed by atoms with Gasteiger partial charge in [0.2, 0.25) is 0 Å². The van der Waals surface area contributed by atoms with Crippen molar-refractivity contribution >= 4 is 5.91 Å². The van der Waals surface area contributed by atoms with Crippen molar-refractivity contribution in [2.75, 3.05) is 13.7 Å². The summed E-state index contributed by atoms with van der Waals surface area (Å²) in [6.07, 6.45) is 0.947. The first-order valence-electron chi connectivity index (χ1n) is 7.86. The van der Waals surface area contributed by atoms with Crippen molar-refractivity contribution in [3.05, 3.63) is 53.5 Å². The summed E-state index contributed by atoms with van der Waals surface area (Å²) in [7, 11) is 1.66. The summed E-state index contributed by atoms with van der Waals surface area (Å²) in [6, 6.07) is 11.7. The number of nitrogens with zero attached hydrogens (tertiary/aromatic N) is 1. The number of amides is 1. The van der Waals surface area contributed by atoms with E-state index in [1.54, 1.807) is 19.2 Å². The number of ether oxygens (including phenoxy) is 1. The Hall–Kier alpha value is -2.27. The molecule has 0 aliphatic carbocycles. The average molecular weight is 314 g/mol. The van der Waals surface area contributed by atoms with E-state index < -0.39 is 0 Å². The van der Waals surface area contributed by atoms with Crippen LogP contribution in [0.5, 0.6) is 5.75 Å². The minimum absolute atomic E-state index is 0.0618. The van der Waals surface area contributed by atoms with Crippen molar-refractivity contribution in [3.8, 4) is 5.75 Å². The monoisotopic (exact) mass is 314 g/mol. The standard InChI is InChI=1S/C18H22N2O3/c1-12-9-14(13-3-5-15(22-2)6-4-13)11-20(12)18(21)17-8-7-16(10-19)23-17/h3-8,12,14H,9-11,19H2,1-2H3/t12-,14+/m0/s1. The van der Waals surface area contributed by atoms with Crippen LogP contribution in [0, 0.1) is 0 Å². The van der Waals surface area contributed by atoms with Crippen molar-refractivity contribution in [1.29, 1.82) is 0 Å². The Kier molecular flexibility index (Phi) is 4.39. The maximum absolute atomic E-state index is 12.6. The quantitative estimate of drug-likeness (QED) is 0.942. The van der Waals surface area contributed by atoms with Gasteiger partial charge >= 0.3 is 0 Å². The lowest BCUT2D eigenvalue weighted by Crippen LogP contribution is -2.33. The van der Waals surface area contributed by atoms with Gasteiger partial charge in [0.25, 0.3) is 5.91 Å². The number of furan rings is 1. The molecule has 0 saturated carbocycles. The lowest BCUT2D eigenvalue weighted by Gasteiger charge is -2.20. The Morgan fingerprint density at radius 2 is 2.04 bits per heavy atom. The van der Waals surface area contributed by atoms with Crippen molar-refractivity contribution < 1.29 is 13.9 Å². The fourth-order valence-corrected chi connectivity index (χ4v) is 3.18. The van der Waals surface area contributed by atoms with Gasteiger partial charge in [-0.2, -0.15) is 0 Å². The molecule has 0 radical (unpaired) electrons. The second kappa shape index (κ2) is 6.46. The summed E-state index contributed by atoms with van der Waals surface area (Å²) in [5.74, 6) is 2.12. The highest BCUT2D eigenvalue weighted by atomic mass is 16.5. The van der Waals surface area contributed by atoms with Crippen LogP contribution < -0.4 is 10.5 Å². The second-order valence-electron chi connectivity index (χ2n) is 5.98. The summed E-state index contributed by atoms with van der Waals surface area (Å²) < 4.78 is 10.7. The highest BCUT2D eigenvalue weighted by Crippen LogP contribution is 2.33. The van der Waals surface area contributed by atoms with Gasteiger partial charge in [0.15, 0.2) is 5.76 Å². The van der Waals surface area contributed by atoms with Crippen LogP contribution in [-0.2, 0) is 6.54 Å². The number of rotatable bonds is 4. The fraction of sp³-hybridized carbons (Fsp3) is 0.389. The third-order valence-corrected chi connectivity index (χ3v) is 4.50. The first kappa shape index (κ1) is 15.6. The van der Waals surface area contributed by atoms with Gasteiger partial charge in [0.05, 0.1) is 13.7 Å². The predicted molar refractivity (Wildman–Crippen MR) is 87.4 cm³/mol. The molecule has 5 nitrogen and oxygen atoms in total. The molecule has 1 aromatic heterocycles. The Labute approximate surface area is 136 Å². The van der Waals surface area contributed by atoms with Crippen LogP contribution in [0.2, 0.25) is 0 Å². The fourth-order valence-electron chi connectivity index (χ4n) is 3.18. The van der Waals surface area contributed by atoms with Crippen LogP contribution in [0.15, 0.2) is 40.8 Å². The molecule has 122 valence electrons. The summed E-state index contributed by atoms with van der Waals surface area (Å²) in [4.78, 5) is 14.5. The van der Waals surface area contributed by atoms with Crippen LogP contribution in [0.1, 0.15) is 41.1 Å². The van der Waals surface area contributed by atoms with E-state index in [1.165, 1.54) is 5.56 Å². The number of nitrogens with two attached hydrogens (primary N) is 1. The summed E-state index contributed by atoms with van der Waals surface area (Å²) in [6.45, 7) is 3.08. The van der Waals surface area contributed by atoms with Gasteiger partial charge in [-0.05, 0) is 43.2 Å². The van der Waals surface area contributed by atoms with Gasteiger partial charge in [0, 0.05) is 18.5 Å². The van der Waals surface area contributed by atoms with Crippen LogP contribution >= 0.6 is 0 Å². The van der Waals surface area contributed by atoms with Crippen LogP contribution in [-0.4, -0.2) is 30.5 Å². The first-order valence-corrected chi connectivity index (χ1v) is 7.86. The number of carbonyl (C=O) groups excluding carboxylic acids is 1. The third-order valence-electron chi connectivity index (χ3n) is 4.50. The molecule has 1 aliphatic heterocycles. The zero-order chi connectivity index (χ0) is 16.4. The zero-order valence-electron chi connectivity index (χ0n) is 13.5. The molecule has 1 amide bonds. The van der Waals surface area contributed by atoms with E-state index in [9.17, 15) is 4.79 Å². The Morgan fingerprint density at radius 1 is 1.30 bits per heavy atom. The molecule has 23 heavy (non-hydrogen) atoms. The van der Waals surface area contributed by atoms with Crippen molar-refractivity contribution in [2.24, 2.45) is 5.73 Å². The maximum Gasteiger partial charge on any atom is 0.289 e. The largest absolute Gasteiger partial charge is 0.497 e. The number of carbonyl (C=O) groups is 1. The normalized spacial score (nSPS) is 20.7. The predicted octanol–water partition coefficient (Wildman–Crippen LogP) is 2.77. The maximum atomic E-state index is 12.6. The molecule has 2 heterocycles. The summed E-state index contributed by atoms with van der Waals surface area (Å²) >= 11 is 0. The SMILES string of the molecule is COc1ccc([C@@H]2C[C@H](C)N(C(=O)c3ccc(CN)o3)C2)cc1. The highest BCUT2D eigenvalue weighted by molar-refractivity contribution is 5.92. The molecule has 1 fully saturated rings. The average Bonchev–Trinajstić information content (AvgIpc) is 3.21. The summed E-state index contributed by atoms with van der Waals surface area (Å²) in [5.41, 5.74) is 6.77. The number of hydrogen-bond acceptors (Lipinski definition) is 4. The van der Waals surface area contributed by atoms with Gasteiger partial charge < -0.3 is 19.8 Å². The molecule has 2 N–H and O–H groups in total. The second-order valence-corrected chi connectivity index (χ2v) is 5.98. The molecule has 5 heteroatoms. The first-order chi connectivity index (χ1) is 11.1. The van der Waals surface area contributed by atoms with Gasteiger partial charge in [-0.15, -0.1) is 0 Å². The molecule has 1 saturated heterocycles. The zero-order valence-corrected chi connectivity index (χ0v) is 13.5. The summed E-state index contributed by atoms with van der Waals surface area (Å²) in [5, 5.41) is 0. The van der Waals surface area contributed by atoms with Crippen molar-refractivity contribution in [2.45, 2.75) is 31.8 Å². The highest BCUT2D eigenvalue weighted by Gasteiger charge is 2.34. The number of benzene rings is 1. The molecular formula is C18H22N2O3. The van der Waals surface area contributed by atoms with Gasteiger partial charge in [-0.25, -0.2) is 0 Å². The Bertz CT molecular complexity index is 678. The minimum Gasteiger partial charge on any atom is -0.497 e. The van der Waals surface area contributed by atoms with E-state index in [0.29, 0.717) is 30.5 Å². The molecule has 2 atom stereocenters. The van der Waals surface area contributed by atoms with E-state index in [-0.39, 0.29) is 11.9 Å².